The fourth-order valence-corrected chi connectivity index (χ4v) is 2.93. The van der Waals surface area contributed by atoms with Crippen molar-refractivity contribution in [2.75, 3.05) is 14.2 Å². The molecule has 0 aliphatic carbocycles. The molecule has 1 heterocycles. The van der Waals surface area contributed by atoms with Crippen LogP contribution in [0, 0.1) is 0 Å². The third kappa shape index (κ3) is 5.25. The maximum Gasteiger partial charge on any atom is 0.337 e. The number of hydrogen-bond donors (Lipinski definition) is 0. The van der Waals surface area contributed by atoms with Crippen LogP contribution in [0.25, 0.3) is 0 Å². The van der Waals surface area contributed by atoms with E-state index in [1.54, 1.807) is 35.9 Å². The molecule has 0 bridgehead atoms. The van der Waals surface area contributed by atoms with E-state index in [4.69, 9.17) is 14.2 Å². The van der Waals surface area contributed by atoms with Crippen LogP contribution in [0.15, 0.2) is 71.5 Å². The molecule has 0 saturated carbocycles. The number of pyridine rings is 1. The number of hydrogen-bond acceptors (Lipinski definition) is 5. The number of nitrogens with zero attached hydrogens (tertiary/aromatic N) is 1. The topological polar surface area (TPSA) is 66.8 Å². The summed E-state index contributed by atoms with van der Waals surface area (Å²) >= 11 is 0. The lowest BCUT2D eigenvalue weighted by Gasteiger charge is -2.14. The van der Waals surface area contributed by atoms with Crippen molar-refractivity contribution < 1.29 is 19.0 Å². The summed E-state index contributed by atoms with van der Waals surface area (Å²) in [6.45, 7) is 0.791. The van der Waals surface area contributed by atoms with Gasteiger partial charge in [-0.25, -0.2) is 4.79 Å². The summed E-state index contributed by atoms with van der Waals surface area (Å²) in [6.07, 6.45) is 0.626. The first-order valence-corrected chi connectivity index (χ1v) is 9.23. The predicted molar refractivity (Wildman–Crippen MR) is 110 cm³/mol. The fraction of sp³-hybridized carbons (Fsp3) is 0.217. The smallest absolute Gasteiger partial charge is 0.337 e. The van der Waals surface area contributed by atoms with Gasteiger partial charge < -0.3 is 14.2 Å². The zero-order valence-electron chi connectivity index (χ0n) is 16.5. The minimum absolute atomic E-state index is 0.126. The molecular weight excluding hydrogens is 370 g/mol. The number of aromatic nitrogens is 1. The van der Waals surface area contributed by atoms with Crippen molar-refractivity contribution in [2.24, 2.45) is 0 Å². The molecular formula is C23H23NO5. The Bertz CT molecular complexity index is 1020. The number of aryl methyl sites for hydroxylation is 1. The molecule has 3 rings (SSSR count). The number of carbonyl (C=O) groups is 1. The fourth-order valence-electron chi connectivity index (χ4n) is 2.93. The zero-order valence-corrected chi connectivity index (χ0v) is 16.5. The van der Waals surface area contributed by atoms with E-state index in [2.05, 4.69) is 0 Å². The Morgan fingerprint density at radius 1 is 0.931 bits per heavy atom. The molecule has 150 valence electrons. The average Bonchev–Trinajstić information content (AvgIpc) is 2.77. The van der Waals surface area contributed by atoms with Crippen LogP contribution in [0.5, 0.6) is 11.6 Å². The van der Waals surface area contributed by atoms with Crippen LogP contribution in [0.1, 0.15) is 21.5 Å². The number of ether oxygens (including phenoxy) is 3. The Balaban J connectivity index is 1.69. The lowest BCUT2D eigenvalue weighted by molar-refractivity contribution is 0.0600. The summed E-state index contributed by atoms with van der Waals surface area (Å²) in [6, 6.07) is 19.7. The quantitative estimate of drug-likeness (QED) is 0.548. The number of benzene rings is 2. The zero-order chi connectivity index (χ0) is 20.6. The van der Waals surface area contributed by atoms with E-state index in [9.17, 15) is 9.59 Å². The van der Waals surface area contributed by atoms with E-state index in [0.717, 1.165) is 16.9 Å². The molecule has 6 heteroatoms. The summed E-state index contributed by atoms with van der Waals surface area (Å²) in [7, 11) is 2.97. The molecule has 0 unspecified atom stereocenters. The van der Waals surface area contributed by atoms with Gasteiger partial charge in [-0.1, -0.05) is 30.3 Å². The Morgan fingerprint density at radius 3 is 2.41 bits per heavy atom. The van der Waals surface area contributed by atoms with Crippen molar-refractivity contribution in [1.82, 2.24) is 4.57 Å². The molecule has 6 nitrogen and oxygen atoms in total. The summed E-state index contributed by atoms with van der Waals surface area (Å²) in [4.78, 5) is 23.9. The van der Waals surface area contributed by atoms with Crippen LogP contribution in [0.2, 0.25) is 0 Å². The first-order chi connectivity index (χ1) is 14.1. The normalized spacial score (nSPS) is 10.4. The highest BCUT2D eigenvalue weighted by Crippen LogP contribution is 2.16. The van der Waals surface area contributed by atoms with E-state index in [0.29, 0.717) is 31.0 Å². The van der Waals surface area contributed by atoms with Gasteiger partial charge in [-0.15, -0.1) is 0 Å². The van der Waals surface area contributed by atoms with E-state index in [1.807, 2.05) is 36.4 Å². The van der Waals surface area contributed by atoms with Crippen LogP contribution in [-0.4, -0.2) is 24.8 Å². The second-order valence-electron chi connectivity index (χ2n) is 6.43. The number of methoxy groups -OCH3 is 2. The molecule has 2 aromatic carbocycles. The third-order valence-corrected chi connectivity index (χ3v) is 4.53. The molecule has 0 aliphatic heterocycles. The lowest BCUT2D eigenvalue weighted by Crippen LogP contribution is -2.22. The van der Waals surface area contributed by atoms with Crippen LogP contribution < -0.4 is 15.0 Å². The molecule has 1 aromatic heterocycles. The summed E-state index contributed by atoms with van der Waals surface area (Å²) in [5, 5.41) is 0. The number of esters is 1. The van der Waals surface area contributed by atoms with Crippen LogP contribution >= 0.6 is 0 Å². The van der Waals surface area contributed by atoms with E-state index in [1.165, 1.54) is 13.2 Å². The van der Waals surface area contributed by atoms with Gasteiger partial charge in [-0.2, -0.15) is 0 Å². The van der Waals surface area contributed by atoms with E-state index < -0.39 is 0 Å². The van der Waals surface area contributed by atoms with Gasteiger partial charge >= 0.3 is 5.97 Å². The van der Waals surface area contributed by atoms with Gasteiger partial charge in [-0.3, -0.25) is 9.36 Å². The van der Waals surface area contributed by atoms with Crippen LogP contribution in [-0.2, 0) is 24.3 Å². The number of carbonyl (C=O) groups excluding carboxylic acids is 1. The van der Waals surface area contributed by atoms with Gasteiger partial charge in [0.2, 0.25) is 0 Å². The maximum atomic E-state index is 12.4. The average molecular weight is 393 g/mol. The van der Waals surface area contributed by atoms with Gasteiger partial charge in [0.1, 0.15) is 12.4 Å². The van der Waals surface area contributed by atoms with Crippen molar-refractivity contribution in [3.63, 3.8) is 0 Å². The van der Waals surface area contributed by atoms with Crippen molar-refractivity contribution in [3.8, 4) is 11.6 Å². The molecule has 29 heavy (non-hydrogen) atoms. The summed E-state index contributed by atoms with van der Waals surface area (Å²) in [5.74, 6) is 0.891. The molecule has 0 amide bonds. The van der Waals surface area contributed by atoms with Crippen molar-refractivity contribution in [3.05, 3.63) is 93.8 Å². The predicted octanol–water partition coefficient (Wildman–Crippen LogP) is 3.47. The molecule has 0 atom stereocenters. The third-order valence-electron chi connectivity index (χ3n) is 4.53. The highest BCUT2D eigenvalue weighted by atomic mass is 16.5. The summed E-state index contributed by atoms with van der Waals surface area (Å²) < 4.78 is 17.4. The van der Waals surface area contributed by atoms with Crippen molar-refractivity contribution in [1.29, 1.82) is 0 Å². The van der Waals surface area contributed by atoms with Gasteiger partial charge in [0.05, 0.1) is 19.8 Å². The Labute approximate surface area is 169 Å². The SMILES string of the molecule is COC(=O)c1ccc(CCn2c(OCc3cccc(OC)c3)cccc2=O)cc1. The number of rotatable bonds is 8. The highest BCUT2D eigenvalue weighted by Gasteiger charge is 2.08. The first-order valence-electron chi connectivity index (χ1n) is 9.23. The molecule has 0 radical (unpaired) electrons. The van der Waals surface area contributed by atoms with E-state index in [-0.39, 0.29) is 11.5 Å². The minimum Gasteiger partial charge on any atom is -0.497 e. The molecule has 0 saturated heterocycles. The molecule has 0 N–H and O–H groups in total. The first kappa shape index (κ1) is 20.2. The Hall–Kier alpha value is -3.54. The maximum absolute atomic E-state index is 12.4. The van der Waals surface area contributed by atoms with Gasteiger partial charge in [0, 0.05) is 12.6 Å². The molecule has 0 aliphatic rings. The standard InChI is InChI=1S/C23H23NO5/c1-27-20-6-3-5-18(15-20)16-29-22-8-4-7-21(25)24(22)14-13-17-9-11-19(12-10-17)23(26)28-2/h3-12,15H,13-14,16H2,1-2H3. The second-order valence-corrected chi connectivity index (χ2v) is 6.43. The second kappa shape index (κ2) is 9.59. The van der Waals surface area contributed by atoms with Gasteiger partial charge in [0.25, 0.3) is 5.56 Å². The van der Waals surface area contributed by atoms with Crippen LogP contribution in [0.3, 0.4) is 0 Å². The van der Waals surface area contributed by atoms with Gasteiger partial charge in [0.15, 0.2) is 5.88 Å². The molecule has 0 fully saturated rings. The highest BCUT2D eigenvalue weighted by molar-refractivity contribution is 5.89. The molecule has 3 aromatic rings. The summed E-state index contributed by atoms with van der Waals surface area (Å²) in [5.41, 5.74) is 2.33. The van der Waals surface area contributed by atoms with Crippen molar-refractivity contribution >= 4 is 5.97 Å². The minimum atomic E-state index is -0.371. The van der Waals surface area contributed by atoms with Crippen LogP contribution in [0.4, 0.5) is 0 Å². The van der Waals surface area contributed by atoms with E-state index >= 15 is 0 Å². The Kier molecular flexibility index (Phi) is 6.68. The van der Waals surface area contributed by atoms with Crippen molar-refractivity contribution in [2.45, 2.75) is 19.6 Å². The largest absolute Gasteiger partial charge is 0.497 e. The molecule has 0 spiro atoms. The lowest BCUT2D eigenvalue weighted by atomic mass is 10.1. The Morgan fingerprint density at radius 2 is 1.69 bits per heavy atom. The van der Waals surface area contributed by atoms with Gasteiger partial charge in [-0.05, 0) is 47.9 Å². The monoisotopic (exact) mass is 393 g/mol.